The molecule has 0 fully saturated rings. The molecule has 0 aromatic heterocycles. The van der Waals surface area contributed by atoms with E-state index >= 15 is 0 Å². The molecule has 0 bridgehead atoms. The van der Waals surface area contributed by atoms with Gasteiger partial charge in [0.2, 0.25) is 0 Å². The number of hydrogen-bond acceptors (Lipinski definition) is 6. The number of unbranched alkanes of at least 4 members (excludes halogenated alkanes) is 36. The van der Waals surface area contributed by atoms with Crippen molar-refractivity contribution in [3.63, 3.8) is 0 Å². The number of carbonyl (C=O) groups excluding carboxylic acids is 3. The third kappa shape index (κ3) is 58.0. The normalized spacial score (nSPS) is 12.4. The van der Waals surface area contributed by atoms with Crippen molar-refractivity contribution in [1.82, 2.24) is 0 Å². The molecule has 72 heavy (non-hydrogen) atoms. The monoisotopic (exact) mass is 1010 g/mol. The standard InChI is InChI=1S/C66H118O6/c1-4-7-10-13-16-19-22-25-27-29-30-31-32-33-34-35-36-37-39-41-44-47-50-53-56-59-65(68)71-62-63(61-70-64(67)58-55-52-49-46-43-40-24-21-18-15-12-9-6-3)72-66(69)60-57-54-51-48-45-42-38-28-26-23-20-17-14-11-8-5-2/h9,12,18,21-22,25,29-30,40,43,63H,4-8,10-11,13-17,19-20,23-24,26-28,31-39,41-42,44-62H2,1-3H3/b12-9-,21-18-,25-22-,30-29-,43-40-. The minimum atomic E-state index is -0.784. The highest BCUT2D eigenvalue weighted by molar-refractivity contribution is 5.71. The van der Waals surface area contributed by atoms with Gasteiger partial charge < -0.3 is 14.2 Å². The molecule has 0 aliphatic rings. The highest BCUT2D eigenvalue weighted by Crippen LogP contribution is 2.17. The fraction of sp³-hybridized carbons (Fsp3) is 0.803. The Bertz CT molecular complexity index is 1290. The average molecular weight is 1010 g/mol. The van der Waals surface area contributed by atoms with E-state index in [0.717, 1.165) is 89.9 Å². The molecule has 0 aromatic rings. The molecule has 1 atom stereocenters. The molecule has 6 heteroatoms. The van der Waals surface area contributed by atoms with Gasteiger partial charge in [0.15, 0.2) is 6.10 Å². The van der Waals surface area contributed by atoms with Crippen LogP contribution in [0.4, 0.5) is 0 Å². The Balaban J connectivity index is 4.27. The van der Waals surface area contributed by atoms with Gasteiger partial charge in [-0.3, -0.25) is 14.4 Å². The first-order valence-electron chi connectivity index (χ1n) is 31.3. The van der Waals surface area contributed by atoms with Gasteiger partial charge in [-0.05, 0) is 83.5 Å². The van der Waals surface area contributed by atoms with Crippen molar-refractivity contribution in [1.29, 1.82) is 0 Å². The van der Waals surface area contributed by atoms with Gasteiger partial charge in [-0.15, -0.1) is 0 Å². The van der Waals surface area contributed by atoms with Gasteiger partial charge in [0.25, 0.3) is 0 Å². The van der Waals surface area contributed by atoms with Crippen LogP contribution in [0.2, 0.25) is 0 Å². The molecule has 1 unspecified atom stereocenters. The van der Waals surface area contributed by atoms with E-state index < -0.39 is 6.10 Å². The lowest BCUT2D eigenvalue weighted by atomic mass is 10.0. The van der Waals surface area contributed by atoms with Gasteiger partial charge in [0.1, 0.15) is 13.2 Å². The molecule has 418 valence electrons. The SMILES string of the molecule is CC/C=C\C/C=C\C/C=C\CCCCCC(=O)OCC(COC(=O)CCCCCCCCCCCCCCC/C=C\C/C=C\CCCCCCC)OC(=O)CCCCCCCCCCCCCCCCCC. The first kappa shape index (κ1) is 69.1. The molecule has 0 aliphatic heterocycles. The van der Waals surface area contributed by atoms with Gasteiger partial charge in [-0.2, -0.15) is 0 Å². The molecule has 0 radical (unpaired) electrons. The number of allylic oxidation sites excluding steroid dienone is 10. The van der Waals surface area contributed by atoms with Crippen molar-refractivity contribution in [3.8, 4) is 0 Å². The Morgan fingerprint density at radius 3 is 0.861 bits per heavy atom. The zero-order valence-corrected chi connectivity index (χ0v) is 47.9. The second kappa shape index (κ2) is 60.7. The summed E-state index contributed by atoms with van der Waals surface area (Å²) in [6, 6.07) is 0. The molecule has 0 aliphatic carbocycles. The van der Waals surface area contributed by atoms with Gasteiger partial charge >= 0.3 is 17.9 Å². The summed E-state index contributed by atoms with van der Waals surface area (Å²) in [5.41, 5.74) is 0. The van der Waals surface area contributed by atoms with Crippen LogP contribution in [0.25, 0.3) is 0 Å². The van der Waals surface area contributed by atoms with Crippen LogP contribution in [0, 0.1) is 0 Å². The highest BCUT2D eigenvalue weighted by Gasteiger charge is 2.19. The van der Waals surface area contributed by atoms with Crippen LogP contribution in [-0.2, 0) is 28.6 Å². The quantitative estimate of drug-likeness (QED) is 0.0261. The van der Waals surface area contributed by atoms with E-state index in [2.05, 4.69) is 81.5 Å². The van der Waals surface area contributed by atoms with Crippen LogP contribution < -0.4 is 0 Å². The Morgan fingerprint density at radius 1 is 0.292 bits per heavy atom. The number of ether oxygens (including phenoxy) is 3. The summed E-state index contributed by atoms with van der Waals surface area (Å²) in [6.45, 7) is 6.53. The predicted octanol–water partition coefficient (Wildman–Crippen LogP) is 21.2. The Kier molecular flexibility index (Phi) is 58.2. The smallest absolute Gasteiger partial charge is 0.306 e. The van der Waals surface area contributed by atoms with Crippen LogP contribution in [0.1, 0.15) is 323 Å². The lowest BCUT2D eigenvalue weighted by Gasteiger charge is -2.18. The van der Waals surface area contributed by atoms with E-state index in [1.54, 1.807) is 0 Å². The van der Waals surface area contributed by atoms with Crippen molar-refractivity contribution < 1.29 is 28.6 Å². The molecule has 0 N–H and O–H groups in total. The zero-order valence-electron chi connectivity index (χ0n) is 47.9. The maximum absolute atomic E-state index is 12.9. The summed E-state index contributed by atoms with van der Waals surface area (Å²) in [7, 11) is 0. The third-order valence-electron chi connectivity index (χ3n) is 13.8. The highest BCUT2D eigenvalue weighted by atomic mass is 16.6. The van der Waals surface area contributed by atoms with E-state index in [4.69, 9.17) is 14.2 Å². The second-order valence-electron chi connectivity index (χ2n) is 20.9. The summed E-state index contributed by atoms with van der Waals surface area (Å²) in [6.07, 6.45) is 76.6. The van der Waals surface area contributed by atoms with Crippen LogP contribution in [0.3, 0.4) is 0 Å². The number of hydrogen-bond donors (Lipinski definition) is 0. The van der Waals surface area contributed by atoms with Gasteiger partial charge in [-0.25, -0.2) is 0 Å². The summed E-state index contributed by atoms with van der Waals surface area (Å²) >= 11 is 0. The van der Waals surface area contributed by atoms with E-state index in [-0.39, 0.29) is 31.1 Å². The maximum atomic E-state index is 12.9. The van der Waals surface area contributed by atoms with Crippen molar-refractivity contribution in [2.45, 2.75) is 329 Å². The topological polar surface area (TPSA) is 78.9 Å². The zero-order chi connectivity index (χ0) is 52.2. The molecule has 6 nitrogen and oxygen atoms in total. The maximum Gasteiger partial charge on any atom is 0.306 e. The fourth-order valence-electron chi connectivity index (χ4n) is 9.08. The largest absolute Gasteiger partial charge is 0.462 e. The van der Waals surface area contributed by atoms with Crippen molar-refractivity contribution in [2.24, 2.45) is 0 Å². The number of rotatable bonds is 57. The molecule has 0 amide bonds. The van der Waals surface area contributed by atoms with Crippen molar-refractivity contribution >= 4 is 17.9 Å². The predicted molar refractivity (Wildman–Crippen MR) is 312 cm³/mol. The van der Waals surface area contributed by atoms with E-state index in [1.807, 2.05) is 0 Å². The van der Waals surface area contributed by atoms with E-state index in [1.165, 1.54) is 193 Å². The van der Waals surface area contributed by atoms with Crippen molar-refractivity contribution in [2.75, 3.05) is 13.2 Å². The van der Waals surface area contributed by atoms with Crippen LogP contribution in [-0.4, -0.2) is 37.2 Å². The summed E-state index contributed by atoms with van der Waals surface area (Å²) < 4.78 is 16.9. The fourth-order valence-corrected chi connectivity index (χ4v) is 9.08. The van der Waals surface area contributed by atoms with Crippen LogP contribution in [0.5, 0.6) is 0 Å². The summed E-state index contributed by atoms with van der Waals surface area (Å²) in [5, 5.41) is 0. The van der Waals surface area contributed by atoms with Crippen LogP contribution in [0.15, 0.2) is 60.8 Å². The Hall–Kier alpha value is -2.89. The average Bonchev–Trinajstić information content (AvgIpc) is 3.38. The molecular formula is C66H118O6. The Labute approximate surface area is 447 Å². The van der Waals surface area contributed by atoms with Gasteiger partial charge in [0, 0.05) is 19.3 Å². The van der Waals surface area contributed by atoms with E-state index in [0.29, 0.717) is 19.3 Å². The van der Waals surface area contributed by atoms with Crippen molar-refractivity contribution in [3.05, 3.63) is 60.8 Å². The minimum Gasteiger partial charge on any atom is -0.462 e. The molecular weight excluding hydrogens is 889 g/mol. The van der Waals surface area contributed by atoms with Crippen LogP contribution >= 0.6 is 0 Å². The lowest BCUT2D eigenvalue weighted by molar-refractivity contribution is -0.167. The third-order valence-corrected chi connectivity index (χ3v) is 13.8. The van der Waals surface area contributed by atoms with Gasteiger partial charge in [0.05, 0.1) is 0 Å². The van der Waals surface area contributed by atoms with E-state index in [9.17, 15) is 14.4 Å². The molecule has 0 spiro atoms. The second-order valence-corrected chi connectivity index (χ2v) is 20.9. The Morgan fingerprint density at radius 2 is 0.542 bits per heavy atom. The molecule has 0 rings (SSSR count). The number of esters is 3. The molecule has 0 saturated carbocycles. The van der Waals surface area contributed by atoms with Gasteiger partial charge in [-0.1, -0.05) is 281 Å². The first-order chi connectivity index (χ1) is 35.5. The number of carbonyl (C=O) groups is 3. The molecule has 0 heterocycles. The molecule has 0 aromatic carbocycles. The first-order valence-corrected chi connectivity index (χ1v) is 31.3. The summed E-state index contributed by atoms with van der Waals surface area (Å²) in [5.74, 6) is -0.895. The lowest BCUT2D eigenvalue weighted by Crippen LogP contribution is -2.30. The molecule has 0 saturated heterocycles. The summed E-state index contributed by atoms with van der Waals surface area (Å²) in [4.78, 5) is 38.2. The minimum absolute atomic E-state index is 0.0808.